The Bertz CT molecular complexity index is 1070. The van der Waals surface area contributed by atoms with Gasteiger partial charge in [0.25, 0.3) is 5.56 Å². The topological polar surface area (TPSA) is 44.1 Å². The van der Waals surface area contributed by atoms with E-state index in [1.54, 1.807) is 53.0 Å². The summed E-state index contributed by atoms with van der Waals surface area (Å²) in [4.78, 5) is 20.7. The van der Waals surface area contributed by atoms with Crippen LogP contribution in [-0.4, -0.2) is 22.4 Å². The molecule has 142 valence electrons. The zero-order valence-corrected chi connectivity index (χ0v) is 17.9. The van der Waals surface area contributed by atoms with Crippen LogP contribution >= 0.6 is 34.7 Å². The van der Waals surface area contributed by atoms with Crippen LogP contribution in [-0.2, 0) is 12.8 Å². The minimum Gasteiger partial charge on any atom is -0.495 e. The predicted octanol–water partition coefficient (Wildman–Crippen LogP) is 5.35. The minimum absolute atomic E-state index is 0.0245. The summed E-state index contributed by atoms with van der Waals surface area (Å²) in [6.07, 6.45) is 3.09. The molecule has 0 N–H and O–H groups in total. The Morgan fingerprint density at radius 3 is 3.00 bits per heavy atom. The molecule has 1 atom stereocenters. The standard InChI is InChI=1S/C20H21ClN2O2S2/c1-4-26-20-22-18-17(13-7-5-11(2)9-16(13)27-18)19(24)23(20)14-10-12(21)6-8-15(14)25-3/h6,8,10-11H,4-5,7,9H2,1-3H3/t11-/m1/s1. The van der Waals surface area contributed by atoms with Gasteiger partial charge >= 0.3 is 0 Å². The van der Waals surface area contributed by atoms with Gasteiger partial charge in [0, 0.05) is 9.90 Å². The molecule has 0 amide bonds. The van der Waals surface area contributed by atoms with Crippen molar-refractivity contribution in [3.05, 3.63) is 44.0 Å². The lowest BCUT2D eigenvalue weighted by molar-refractivity contribution is 0.411. The molecule has 2 aromatic heterocycles. The largest absolute Gasteiger partial charge is 0.495 e. The number of halogens is 1. The van der Waals surface area contributed by atoms with Gasteiger partial charge in [0.05, 0.1) is 18.2 Å². The first-order valence-electron chi connectivity index (χ1n) is 9.07. The number of ether oxygens (including phenoxy) is 1. The van der Waals surface area contributed by atoms with Crippen molar-refractivity contribution in [2.45, 2.75) is 38.3 Å². The number of fused-ring (bicyclic) bond motifs is 3. The van der Waals surface area contributed by atoms with E-state index in [4.69, 9.17) is 21.3 Å². The van der Waals surface area contributed by atoms with Crippen LogP contribution in [0, 0.1) is 5.92 Å². The van der Waals surface area contributed by atoms with Crippen molar-refractivity contribution < 1.29 is 4.74 Å². The van der Waals surface area contributed by atoms with E-state index in [2.05, 4.69) is 13.8 Å². The quantitative estimate of drug-likeness (QED) is 0.421. The van der Waals surface area contributed by atoms with Crippen molar-refractivity contribution in [1.29, 1.82) is 0 Å². The van der Waals surface area contributed by atoms with Gasteiger partial charge in [-0.1, -0.05) is 37.2 Å². The predicted molar refractivity (Wildman–Crippen MR) is 114 cm³/mol. The molecule has 4 nitrogen and oxygen atoms in total. The Balaban J connectivity index is 2.05. The number of hydrogen-bond acceptors (Lipinski definition) is 5. The summed E-state index contributed by atoms with van der Waals surface area (Å²) < 4.78 is 7.18. The molecule has 0 saturated carbocycles. The summed E-state index contributed by atoms with van der Waals surface area (Å²) >= 11 is 9.47. The number of aromatic nitrogens is 2. The van der Waals surface area contributed by atoms with Crippen LogP contribution in [0.2, 0.25) is 5.02 Å². The van der Waals surface area contributed by atoms with Gasteiger partial charge in [-0.25, -0.2) is 4.98 Å². The zero-order valence-electron chi connectivity index (χ0n) is 15.5. The minimum atomic E-state index is -0.0245. The summed E-state index contributed by atoms with van der Waals surface area (Å²) in [5, 5.41) is 2.01. The molecule has 1 aliphatic rings. The smallest absolute Gasteiger partial charge is 0.267 e. The Kier molecular flexibility index (Phi) is 5.23. The summed E-state index contributed by atoms with van der Waals surface area (Å²) in [5.74, 6) is 2.09. The van der Waals surface area contributed by atoms with Gasteiger partial charge in [-0.3, -0.25) is 9.36 Å². The molecule has 3 aromatic rings. The average Bonchev–Trinajstić information content (AvgIpc) is 2.99. The van der Waals surface area contributed by atoms with E-state index >= 15 is 0 Å². The maximum Gasteiger partial charge on any atom is 0.267 e. The molecule has 1 aromatic carbocycles. The SMILES string of the molecule is CCSc1nc2sc3c(c2c(=O)n1-c1cc(Cl)ccc1OC)CC[C@@H](C)C3. The van der Waals surface area contributed by atoms with Crippen molar-refractivity contribution in [3.63, 3.8) is 0 Å². The normalized spacial score (nSPS) is 16.5. The van der Waals surface area contributed by atoms with Crippen molar-refractivity contribution in [1.82, 2.24) is 9.55 Å². The first-order chi connectivity index (χ1) is 13.0. The van der Waals surface area contributed by atoms with Crippen LogP contribution < -0.4 is 10.3 Å². The van der Waals surface area contributed by atoms with Crippen molar-refractivity contribution >= 4 is 44.9 Å². The van der Waals surface area contributed by atoms with E-state index < -0.39 is 0 Å². The first kappa shape index (κ1) is 18.8. The molecule has 2 heterocycles. The van der Waals surface area contributed by atoms with E-state index in [0.717, 1.165) is 35.2 Å². The molecule has 0 fully saturated rings. The molecule has 0 bridgehead atoms. The number of hydrogen-bond donors (Lipinski definition) is 0. The van der Waals surface area contributed by atoms with Gasteiger partial charge in [0.15, 0.2) is 5.16 Å². The highest BCUT2D eigenvalue weighted by molar-refractivity contribution is 7.99. The second-order valence-electron chi connectivity index (χ2n) is 6.82. The lowest BCUT2D eigenvalue weighted by Crippen LogP contribution is -2.23. The number of benzene rings is 1. The van der Waals surface area contributed by atoms with Crippen LogP contribution in [0.3, 0.4) is 0 Å². The summed E-state index contributed by atoms with van der Waals surface area (Å²) in [7, 11) is 1.60. The van der Waals surface area contributed by atoms with Gasteiger partial charge < -0.3 is 4.74 Å². The van der Waals surface area contributed by atoms with E-state index in [1.807, 2.05) is 0 Å². The maximum absolute atomic E-state index is 13.6. The Morgan fingerprint density at radius 1 is 1.44 bits per heavy atom. The lowest BCUT2D eigenvalue weighted by Gasteiger charge is -2.18. The molecule has 0 radical (unpaired) electrons. The molecule has 4 rings (SSSR count). The molecular weight excluding hydrogens is 400 g/mol. The third kappa shape index (κ3) is 3.28. The number of methoxy groups -OCH3 is 1. The molecule has 0 saturated heterocycles. The van der Waals surface area contributed by atoms with Crippen molar-refractivity contribution in [3.8, 4) is 11.4 Å². The molecular formula is C20H21ClN2O2S2. The lowest BCUT2D eigenvalue weighted by atomic mass is 9.89. The van der Waals surface area contributed by atoms with Crippen molar-refractivity contribution in [2.75, 3.05) is 12.9 Å². The third-order valence-electron chi connectivity index (χ3n) is 4.95. The van der Waals surface area contributed by atoms with Gasteiger partial charge in [0.2, 0.25) is 0 Å². The highest BCUT2D eigenvalue weighted by Crippen LogP contribution is 2.37. The van der Waals surface area contributed by atoms with Gasteiger partial charge in [-0.05, 0) is 54.7 Å². The number of aryl methyl sites for hydroxylation is 1. The number of thioether (sulfide) groups is 1. The summed E-state index contributed by atoms with van der Waals surface area (Å²) in [6.45, 7) is 4.33. The second-order valence-corrected chi connectivity index (χ2v) is 9.57. The molecule has 1 aliphatic carbocycles. The fourth-order valence-electron chi connectivity index (χ4n) is 3.65. The molecule has 7 heteroatoms. The van der Waals surface area contributed by atoms with E-state index in [9.17, 15) is 4.79 Å². The highest BCUT2D eigenvalue weighted by atomic mass is 35.5. The molecule has 0 aliphatic heterocycles. The Morgan fingerprint density at radius 2 is 2.26 bits per heavy atom. The van der Waals surface area contributed by atoms with E-state index in [1.165, 1.54) is 10.4 Å². The fourth-order valence-corrected chi connectivity index (χ4v) is 5.97. The Hall–Kier alpha value is -1.50. The number of nitrogens with zero attached hydrogens (tertiary/aromatic N) is 2. The van der Waals surface area contributed by atoms with Gasteiger partial charge in [-0.2, -0.15) is 0 Å². The molecule has 27 heavy (non-hydrogen) atoms. The fraction of sp³-hybridized carbons (Fsp3) is 0.400. The summed E-state index contributed by atoms with van der Waals surface area (Å²) in [5.41, 5.74) is 1.81. The first-order valence-corrected chi connectivity index (χ1v) is 11.3. The van der Waals surface area contributed by atoms with Crippen LogP contribution in [0.25, 0.3) is 15.9 Å². The Labute approximate surface area is 171 Å². The summed E-state index contributed by atoms with van der Waals surface area (Å²) in [6, 6.07) is 5.33. The number of thiophene rings is 1. The van der Waals surface area contributed by atoms with Gasteiger partial charge in [-0.15, -0.1) is 11.3 Å². The van der Waals surface area contributed by atoms with Crippen LogP contribution in [0.1, 0.15) is 30.7 Å². The third-order valence-corrected chi connectivity index (χ3v) is 7.16. The average molecular weight is 421 g/mol. The number of rotatable bonds is 4. The molecule has 0 unspecified atom stereocenters. The maximum atomic E-state index is 13.6. The van der Waals surface area contributed by atoms with Crippen LogP contribution in [0.5, 0.6) is 5.75 Å². The monoisotopic (exact) mass is 420 g/mol. The van der Waals surface area contributed by atoms with E-state index in [0.29, 0.717) is 27.5 Å². The van der Waals surface area contributed by atoms with Gasteiger partial charge in [0.1, 0.15) is 10.6 Å². The highest BCUT2D eigenvalue weighted by Gasteiger charge is 2.25. The van der Waals surface area contributed by atoms with Crippen LogP contribution in [0.4, 0.5) is 0 Å². The zero-order chi connectivity index (χ0) is 19.1. The van der Waals surface area contributed by atoms with Crippen LogP contribution in [0.15, 0.2) is 28.2 Å². The second kappa shape index (κ2) is 7.49. The van der Waals surface area contributed by atoms with E-state index in [-0.39, 0.29) is 5.56 Å². The van der Waals surface area contributed by atoms with Crippen molar-refractivity contribution in [2.24, 2.45) is 5.92 Å². The molecule has 0 spiro atoms.